The lowest BCUT2D eigenvalue weighted by molar-refractivity contribution is 0.268. The highest BCUT2D eigenvalue weighted by atomic mass is 16.5. The minimum atomic E-state index is 0.711. The highest BCUT2D eigenvalue weighted by Crippen LogP contribution is 2.29. The lowest BCUT2D eigenvalue weighted by atomic mass is 10.2. The molecule has 16 heavy (non-hydrogen) atoms. The number of hydrogen-bond donors (Lipinski definition) is 0. The van der Waals surface area contributed by atoms with E-state index in [9.17, 15) is 0 Å². The number of ether oxygens (including phenoxy) is 2. The fraction of sp³-hybridized carbons (Fsp3) is 0.429. The van der Waals surface area contributed by atoms with Gasteiger partial charge in [-0.1, -0.05) is 32.6 Å². The summed E-state index contributed by atoms with van der Waals surface area (Å²) >= 11 is 0. The van der Waals surface area contributed by atoms with Crippen LogP contribution in [-0.4, -0.2) is 13.2 Å². The number of benzene rings is 1. The Labute approximate surface area is 97.9 Å². The molecule has 0 amide bonds. The molecule has 1 aromatic rings. The molecule has 0 bridgehead atoms. The fourth-order valence-corrected chi connectivity index (χ4v) is 1.31. The summed E-state index contributed by atoms with van der Waals surface area (Å²) in [5.74, 6) is 1.63. The van der Waals surface area contributed by atoms with E-state index in [-0.39, 0.29) is 0 Å². The molecule has 0 atom stereocenters. The molecule has 1 aromatic carbocycles. The fourth-order valence-electron chi connectivity index (χ4n) is 1.31. The molecule has 2 nitrogen and oxygen atoms in total. The van der Waals surface area contributed by atoms with Gasteiger partial charge >= 0.3 is 0 Å². The van der Waals surface area contributed by atoms with Gasteiger partial charge in [-0.3, -0.25) is 0 Å². The summed E-state index contributed by atoms with van der Waals surface area (Å²) in [5.41, 5.74) is 1.05. The first-order chi connectivity index (χ1) is 7.81. The Morgan fingerprint density at radius 3 is 2.25 bits per heavy atom. The van der Waals surface area contributed by atoms with Crippen LogP contribution in [0.25, 0.3) is 6.08 Å². The van der Waals surface area contributed by atoms with Crippen molar-refractivity contribution in [1.29, 1.82) is 0 Å². The van der Waals surface area contributed by atoms with E-state index >= 15 is 0 Å². The Bertz CT molecular complexity index is 332. The van der Waals surface area contributed by atoms with Crippen molar-refractivity contribution in [3.05, 3.63) is 30.3 Å². The Balaban J connectivity index is 2.82. The van der Waals surface area contributed by atoms with Crippen molar-refractivity contribution in [3.63, 3.8) is 0 Å². The normalized spacial score (nSPS) is 9.88. The van der Waals surface area contributed by atoms with Gasteiger partial charge in [0.1, 0.15) is 0 Å². The van der Waals surface area contributed by atoms with E-state index in [1.54, 1.807) is 0 Å². The molecule has 0 N–H and O–H groups in total. The molecule has 0 unspecified atom stereocenters. The molecule has 0 fully saturated rings. The molecular formula is C14H20O2. The monoisotopic (exact) mass is 220 g/mol. The van der Waals surface area contributed by atoms with Crippen molar-refractivity contribution in [1.82, 2.24) is 0 Å². The average Bonchev–Trinajstić information content (AvgIpc) is 2.34. The molecule has 88 valence electrons. The number of hydrogen-bond acceptors (Lipinski definition) is 2. The Morgan fingerprint density at radius 1 is 1.06 bits per heavy atom. The maximum Gasteiger partial charge on any atom is 0.161 e. The summed E-state index contributed by atoms with van der Waals surface area (Å²) in [6.45, 7) is 9.35. The lowest BCUT2D eigenvalue weighted by Gasteiger charge is -2.12. The third-order valence-corrected chi connectivity index (χ3v) is 2.13. The lowest BCUT2D eigenvalue weighted by Crippen LogP contribution is -2.01. The van der Waals surface area contributed by atoms with Crippen molar-refractivity contribution < 1.29 is 9.47 Å². The molecule has 0 aromatic heterocycles. The molecule has 0 saturated carbocycles. The van der Waals surface area contributed by atoms with Gasteiger partial charge in [-0.2, -0.15) is 0 Å². The van der Waals surface area contributed by atoms with E-state index in [0.29, 0.717) is 6.61 Å². The zero-order valence-corrected chi connectivity index (χ0v) is 10.2. The van der Waals surface area contributed by atoms with Crippen LogP contribution < -0.4 is 9.47 Å². The van der Waals surface area contributed by atoms with E-state index in [1.807, 2.05) is 24.3 Å². The van der Waals surface area contributed by atoms with Crippen LogP contribution in [0.5, 0.6) is 11.5 Å². The molecular weight excluding hydrogens is 200 g/mol. The summed E-state index contributed by atoms with van der Waals surface area (Å²) in [4.78, 5) is 0. The summed E-state index contributed by atoms with van der Waals surface area (Å²) in [6.07, 6.45) is 3.80. The summed E-state index contributed by atoms with van der Waals surface area (Å²) in [5, 5.41) is 0. The Morgan fingerprint density at radius 2 is 1.69 bits per heavy atom. The van der Waals surface area contributed by atoms with Gasteiger partial charge < -0.3 is 9.47 Å². The second-order valence-electron chi connectivity index (χ2n) is 3.61. The molecule has 0 aliphatic carbocycles. The van der Waals surface area contributed by atoms with Crippen LogP contribution in [-0.2, 0) is 0 Å². The Hall–Kier alpha value is -1.44. The maximum absolute atomic E-state index is 5.65. The first-order valence-electron chi connectivity index (χ1n) is 5.83. The quantitative estimate of drug-likeness (QED) is 0.693. The van der Waals surface area contributed by atoms with Gasteiger partial charge in [0, 0.05) is 0 Å². The van der Waals surface area contributed by atoms with E-state index in [4.69, 9.17) is 9.47 Å². The predicted molar refractivity (Wildman–Crippen MR) is 68.1 cm³/mol. The largest absolute Gasteiger partial charge is 0.490 e. The second-order valence-corrected chi connectivity index (χ2v) is 3.61. The molecule has 2 heteroatoms. The molecule has 0 spiro atoms. The number of rotatable bonds is 7. The highest BCUT2D eigenvalue weighted by molar-refractivity contribution is 5.54. The standard InChI is InChI=1S/C14H20O2/c1-4-9-15-13-8-7-12(6-3)11-14(13)16-10-5-2/h6-8,11H,3-5,9-10H2,1-2H3. The van der Waals surface area contributed by atoms with Crippen LogP contribution >= 0.6 is 0 Å². The van der Waals surface area contributed by atoms with Crippen LogP contribution in [0.1, 0.15) is 32.3 Å². The zero-order valence-electron chi connectivity index (χ0n) is 10.2. The van der Waals surface area contributed by atoms with Crippen LogP contribution in [0, 0.1) is 0 Å². The van der Waals surface area contributed by atoms with E-state index < -0.39 is 0 Å². The topological polar surface area (TPSA) is 18.5 Å². The van der Waals surface area contributed by atoms with Crippen LogP contribution in [0.15, 0.2) is 24.8 Å². The first-order valence-corrected chi connectivity index (χ1v) is 5.83. The van der Waals surface area contributed by atoms with Gasteiger partial charge in [0.05, 0.1) is 13.2 Å². The third-order valence-electron chi connectivity index (χ3n) is 2.13. The van der Waals surface area contributed by atoms with E-state index in [1.165, 1.54) is 0 Å². The van der Waals surface area contributed by atoms with Crippen LogP contribution in [0.3, 0.4) is 0 Å². The minimum Gasteiger partial charge on any atom is -0.490 e. The van der Waals surface area contributed by atoms with E-state index in [0.717, 1.165) is 36.5 Å². The van der Waals surface area contributed by atoms with Gasteiger partial charge in [-0.15, -0.1) is 0 Å². The average molecular weight is 220 g/mol. The van der Waals surface area contributed by atoms with Gasteiger partial charge in [0.15, 0.2) is 11.5 Å². The van der Waals surface area contributed by atoms with Crippen molar-refractivity contribution in [2.45, 2.75) is 26.7 Å². The highest BCUT2D eigenvalue weighted by Gasteiger charge is 2.05. The van der Waals surface area contributed by atoms with Crippen LogP contribution in [0.2, 0.25) is 0 Å². The Kier molecular flexibility index (Phi) is 5.48. The van der Waals surface area contributed by atoms with Crippen molar-refractivity contribution >= 4 is 6.08 Å². The molecule has 0 saturated heterocycles. The van der Waals surface area contributed by atoms with Crippen molar-refractivity contribution in [2.75, 3.05) is 13.2 Å². The van der Waals surface area contributed by atoms with Crippen molar-refractivity contribution in [3.8, 4) is 11.5 Å². The van der Waals surface area contributed by atoms with Gasteiger partial charge in [-0.05, 0) is 30.5 Å². The second kappa shape index (κ2) is 6.94. The van der Waals surface area contributed by atoms with Crippen LogP contribution in [0.4, 0.5) is 0 Å². The van der Waals surface area contributed by atoms with Gasteiger partial charge in [0.2, 0.25) is 0 Å². The third kappa shape index (κ3) is 3.61. The minimum absolute atomic E-state index is 0.711. The molecule has 1 rings (SSSR count). The first kappa shape index (κ1) is 12.6. The maximum atomic E-state index is 5.65. The SMILES string of the molecule is C=Cc1ccc(OCCC)c(OCCC)c1. The summed E-state index contributed by atoms with van der Waals surface area (Å²) < 4.78 is 11.3. The molecule has 0 aliphatic rings. The van der Waals surface area contributed by atoms with Crippen molar-refractivity contribution in [2.24, 2.45) is 0 Å². The van der Waals surface area contributed by atoms with E-state index in [2.05, 4.69) is 20.4 Å². The molecule has 0 heterocycles. The molecule has 0 aliphatic heterocycles. The smallest absolute Gasteiger partial charge is 0.161 e. The molecule has 0 radical (unpaired) electrons. The summed E-state index contributed by atoms with van der Waals surface area (Å²) in [6, 6.07) is 5.89. The predicted octanol–water partition coefficient (Wildman–Crippen LogP) is 3.91. The van der Waals surface area contributed by atoms with Gasteiger partial charge in [0.25, 0.3) is 0 Å². The summed E-state index contributed by atoms with van der Waals surface area (Å²) in [7, 11) is 0. The van der Waals surface area contributed by atoms with Gasteiger partial charge in [-0.25, -0.2) is 0 Å². The zero-order chi connectivity index (χ0) is 11.8.